The van der Waals surface area contributed by atoms with Crippen molar-refractivity contribution in [3.8, 4) is 11.3 Å². The molecule has 5 heteroatoms. The summed E-state index contributed by atoms with van der Waals surface area (Å²) in [7, 11) is 1.98. The van der Waals surface area contributed by atoms with E-state index in [-0.39, 0.29) is 0 Å². The van der Waals surface area contributed by atoms with Crippen molar-refractivity contribution in [3.05, 3.63) is 70.0 Å². The average Bonchev–Trinajstić information content (AvgIpc) is 3.01. The second-order valence-corrected chi connectivity index (χ2v) is 7.16. The van der Waals surface area contributed by atoms with Gasteiger partial charge in [0.2, 0.25) is 0 Å². The lowest BCUT2D eigenvalue weighted by Gasteiger charge is -2.08. The number of fused-ring (bicyclic) bond motifs is 2. The summed E-state index contributed by atoms with van der Waals surface area (Å²) in [6.07, 6.45) is 0. The van der Waals surface area contributed by atoms with Crippen molar-refractivity contribution in [2.75, 3.05) is 0 Å². The first-order valence-electron chi connectivity index (χ1n) is 8.55. The molecule has 2 aromatic carbocycles. The van der Waals surface area contributed by atoms with Crippen LogP contribution in [0.5, 0.6) is 0 Å². The molecule has 0 amide bonds. The van der Waals surface area contributed by atoms with E-state index in [0.29, 0.717) is 0 Å². The van der Waals surface area contributed by atoms with Crippen molar-refractivity contribution < 1.29 is 0 Å². The molecule has 0 unspecified atom stereocenters. The second-order valence-electron chi connectivity index (χ2n) is 6.73. The molecule has 0 fully saturated rings. The lowest BCUT2D eigenvalue weighted by Crippen LogP contribution is -2.03. The Morgan fingerprint density at radius 1 is 1.04 bits per heavy atom. The van der Waals surface area contributed by atoms with E-state index in [4.69, 9.17) is 16.6 Å². The second kappa shape index (κ2) is 5.32. The monoisotopic (exact) mass is 360 g/mol. The number of hydrogen-bond acceptors (Lipinski definition) is 2. The minimum atomic E-state index is 0.720. The van der Waals surface area contributed by atoms with Crippen LogP contribution in [-0.2, 0) is 7.05 Å². The highest BCUT2D eigenvalue weighted by molar-refractivity contribution is 6.31. The lowest BCUT2D eigenvalue weighted by atomic mass is 9.96. The number of aryl methyl sites for hydroxylation is 3. The third kappa shape index (κ3) is 2.02. The van der Waals surface area contributed by atoms with Crippen LogP contribution in [0.3, 0.4) is 0 Å². The molecule has 5 rings (SSSR count). The van der Waals surface area contributed by atoms with Crippen LogP contribution in [0.4, 0.5) is 5.69 Å². The molecule has 1 aliphatic heterocycles. The number of nitrogens with zero attached hydrogens (tertiary/aromatic N) is 3. The summed E-state index contributed by atoms with van der Waals surface area (Å²) in [5.74, 6) is 0. The SMILES string of the molecule is Cc1nn(C)c2c1N=C(c1ccc(Cl)cc1)c1cccc3[nH]c(C)c-2c13. The van der Waals surface area contributed by atoms with Crippen molar-refractivity contribution in [2.24, 2.45) is 12.0 Å². The maximum atomic E-state index is 6.10. The normalized spacial score (nSPS) is 12.8. The van der Waals surface area contributed by atoms with E-state index in [1.54, 1.807) is 0 Å². The maximum absolute atomic E-state index is 6.10. The first-order chi connectivity index (χ1) is 12.5. The molecule has 128 valence electrons. The molecule has 1 N–H and O–H groups in total. The number of nitrogens with one attached hydrogen (secondary N) is 1. The van der Waals surface area contributed by atoms with Gasteiger partial charge in [-0.3, -0.25) is 4.68 Å². The molecule has 3 heterocycles. The minimum Gasteiger partial charge on any atom is -0.358 e. The van der Waals surface area contributed by atoms with Gasteiger partial charge in [-0.15, -0.1) is 0 Å². The Bertz CT molecular complexity index is 1210. The zero-order valence-corrected chi connectivity index (χ0v) is 15.5. The Balaban J connectivity index is 1.96. The van der Waals surface area contributed by atoms with Gasteiger partial charge in [-0.2, -0.15) is 5.10 Å². The van der Waals surface area contributed by atoms with E-state index in [1.165, 1.54) is 10.9 Å². The number of halogens is 1. The Hall–Kier alpha value is -2.85. The molecule has 0 aliphatic carbocycles. The van der Waals surface area contributed by atoms with Gasteiger partial charge < -0.3 is 4.98 Å². The van der Waals surface area contributed by atoms with Crippen LogP contribution in [0.25, 0.3) is 22.2 Å². The number of aromatic amines is 1. The smallest absolute Gasteiger partial charge is 0.113 e. The van der Waals surface area contributed by atoms with Crippen molar-refractivity contribution in [1.29, 1.82) is 0 Å². The van der Waals surface area contributed by atoms with Crippen molar-refractivity contribution >= 4 is 33.9 Å². The number of hydrogen-bond donors (Lipinski definition) is 1. The molecule has 0 radical (unpaired) electrons. The zero-order valence-electron chi connectivity index (χ0n) is 14.8. The number of aliphatic imine (C=N–C) groups is 1. The van der Waals surface area contributed by atoms with Gasteiger partial charge in [-0.1, -0.05) is 35.9 Å². The van der Waals surface area contributed by atoms with E-state index < -0.39 is 0 Å². The minimum absolute atomic E-state index is 0.720. The van der Waals surface area contributed by atoms with E-state index in [2.05, 4.69) is 35.2 Å². The van der Waals surface area contributed by atoms with Gasteiger partial charge in [0, 0.05) is 45.4 Å². The first kappa shape index (κ1) is 15.4. The van der Waals surface area contributed by atoms with E-state index in [9.17, 15) is 0 Å². The third-order valence-corrected chi connectivity index (χ3v) is 5.29. The summed E-state index contributed by atoms with van der Waals surface area (Å²) in [5.41, 5.74) is 9.45. The summed E-state index contributed by atoms with van der Waals surface area (Å²) in [6.45, 7) is 4.12. The molecular formula is C21H17ClN4. The van der Waals surface area contributed by atoms with Gasteiger partial charge in [0.15, 0.2) is 0 Å². The van der Waals surface area contributed by atoms with E-state index in [0.717, 1.165) is 50.1 Å². The van der Waals surface area contributed by atoms with Gasteiger partial charge in [-0.25, -0.2) is 4.99 Å². The summed E-state index contributed by atoms with van der Waals surface area (Å²) in [4.78, 5) is 8.62. The molecule has 4 nitrogen and oxygen atoms in total. The van der Waals surface area contributed by atoms with Crippen LogP contribution in [0, 0.1) is 13.8 Å². The summed E-state index contributed by atoms with van der Waals surface area (Å²) in [6, 6.07) is 14.2. The maximum Gasteiger partial charge on any atom is 0.113 e. The van der Waals surface area contributed by atoms with Crippen molar-refractivity contribution in [3.63, 3.8) is 0 Å². The standard InChI is InChI=1S/C21H17ClN4/c1-11-17-18-15(5-4-6-16(18)23-11)20(13-7-9-14(22)10-8-13)24-19-12(2)25-26(3)21(17)19/h4-10,23H,1-3H3. The van der Waals surface area contributed by atoms with Crippen LogP contribution in [-0.4, -0.2) is 20.5 Å². The number of aromatic nitrogens is 3. The Morgan fingerprint density at radius 2 is 1.81 bits per heavy atom. The van der Waals surface area contributed by atoms with Gasteiger partial charge in [0.05, 0.1) is 17.1 Å². The van der Waals surface area contributed by atoms with Gasteiger partial charge >= 0.3 is 0 Å². The Kier molecular flexibility index (Phi) is 3.15. The molecular weight excluding hydrogens is 344 g/mol. The third-order valence-electron chi connectivity index (χ3n) is 5.04. The Labute approximate surface area is 156 Å². The fourth-order valence-corrected chi connectivity index (χ4v) is 4.06. The number of rotatable bonds is 1. The predicted molar refractivity (Wildman–Crippen MR) is 107 cm³/mol. The summed E-state index contributed by atoms with van der Waals surface area (Å²) in [5, 5.41) is 6.55. The number of H-pyrrole nitrogens is 1. The molecule has 0 saturated heterocycles. The topological polar surface area (TPSA) is 46.0 Å². The van der Waals surface area contributed by atoms with Crippen LogP contribution in [0.2, 0.25) is 5.02 Å². The van der Waals surface area contributed by atoms with E-state index >= 15 is 0 Å². The summed E-state index contributed by atoms with van der Waals surface area (Å²) < 4.78 is 1.94. The average molecular weight is 361 g/mol. The van der Waals surface area contributed by atoms with Crippen LogP contribution < -0.4 is 0 Å². The highest BCUT2D eigenvalue weighted by Crippen LogP contribution is 2.44. The first-order valence-corrected chi connectivity index (χ1v) is 8.92. The molecule has 4 aromatic rings. The zero-order chi connectivity index (χ0) is 18.0. The van der Waals surface area contributed by atoms with Gasteiger partial charge in [0.25, 0.3) is 0 Å². The fraction of sp³-hybridized carbons (Fsp3) is 0.143. The number of benzene rings is 2. The van der Waals surface area contributed by atoms with Gasteiger partial charge in [-0.05, 0) is 32.0 Å². The lowest BCUT2D eigenvalue weighted by molar-refractivity contribution is 0.764. The van der Waals surface area contributed by atoms with Crippen LogP contribution in [0.15, 0.2) is 47.5 Å². The largest absolute Gasteiger partial charge is 0.358 e. The highest BCUT2D eigenvalue weighted by Gasteiger charge is 2.27. The molecule has 2 aromatic heterocycles. The fourth-order valence-electron chi connectivity index (χ4n) is 3.93. The molecule has 0 bridgehead atoms. The summed E-state index contributed by atoms with van der Waals surface area (Å²) >= 11 is 6.10. The molecule has 0 atom stereocenters. The van der Waals surface area contributed by atoms with Gasteiger partial charge in [0.1, 0.15) is 5.69 Å². The molecule has 1 aliphatic rings. The molecule has 0 saturated carbocycles. The molecule has 0 spiro atoms. The van der Waals surface area contributed by atoms with Crippen molar-refractivity contribution in [1.82, 2.24) is 14.8 Å². The van der Waals surface area contributed by atoms with Crippen LogP contribution in [0.1, 0.15) is 22.5 Å². The van der Waals surface area contributed by atoms with Crippen molar-refractivity contribution in [2.45, 2.75) is 13.8 Å². The highest BCUT2D eigenvalue weighted by atomic mass is 35.5. The predicted octanol–water partition coefficient (Wildman–Crippen LogP) is 5.32. The molecule has 26 heavy (non-hydrogen) atoms. The van der Waals surface area contributed by atoms with Crippen LogP contribution >= 0.6 is 11.6 Å². The Morgan fingerprint density at radius 3 is 2.58 bits per heavy atom. The van der Waals surface area contributed by atoms with E-state index in [1.807, 2.05) is 42.9 Å². The quantitative estimate of drug-likeness (QED) is 0.432.